The molecule has 19 heavy (non-hydrogen) atoms. The van der Waals surface area contributed by atoms with Crippen LogP contribution in [0.2, 0.25) is 0 Å². The van der Waals surface area contributed by atoms with Crippen LogP contribution < -0.4 is 5.63 Å². The molecule has 6 heteroatoms. The normalized spacial score (nSPS) is 13.4. The molecule has 0 fully saturated rings. The molecule has 0 aliphatic rings. The van der Waals surface area contributed by atoms with E-state index in [0.717, 1.165) is 0 Å². The summed E-state index contributed by atoms with van der Waals surface area (Å²) in [6.45, 7) is 5.29. The van der Waals surface area contributed by atoms with Crippen molar-refractivity contribution in [3.63, 3.8) is 0 Å². The Morgan fingerprint density at radius 2 is 2.21 bits per heavy atom. The van der Waals surface area contributed by atoms with Crippen LogP contribution in [0.4, 0.5) is 0 Å². The predicted molar refractivity (Wildman–Crippen MR) is 70.4 cm³/mol. The van der Waals surface area contributed by atoms with Gasteiger partial charge in [-0.25, -0.2) is 4.79 Å². The molecule has 1 unspecified atom stereocenters. The van der Waals surface area contributed by atoms with E-state index in [2.05, 4.69) is 5.16 Å². The van der Waals surface area contributed by atoms with Gasteiger partial charge < -0.3 is 19.1 Å². The van der Waals surface area contributed by atoms with Crippen LogP contribution in [-0.2, 0) is 16.0 Å². The van der Waals surface area contributed by atoms with Gasteiger partial charge in [0.25, 0.3) is 0 Å². The van der Waals surface area contributed by atoms with Crippen LogP contribution >= 0.6 is 0 Å². The van der Waals surface area contributed by atoms with Crippen LogP contribution in [0.3, 0.4) is 0 Å². The van der Waals surface area contributed by atoms with Gasteiger partial charge in [-0.15, -0.1) is 0 Å². The van der Waals surface area contributed by atoms with Crippen LogP contribution in [0.5, 0.6) is 5.75 Å². The summed E-state index contributed by atoms with van der Waals surface area (Å²) in [6, 6.07) is 1.42. The zero-order chi connectivity index (χ0) is 14.4. The maximum atomic E-state index is 11.8. The molecule has 0 aromatic carbocycles. The molecule has 1 aromatic rings. The standard InChI is InChI=1S/C13H19NO5/c1-5-9-7-11(15)12(13(16)18-9)10(6-2)14-19-8(3)17-4/h7-8,15H,5-6H2,1-4H3. The number of aryl methyl sites for hydroxylation is 1. The van der Waals surface area contributed by atoms with Crippen molar-refractivity contribution < 1.29 is 19.1 Å². The molecule has 106 valence electrons. The summed E-state index contributed by atoms with van der Waals surface area (Å²) in [5.74, 6) is 0.273. The van der Waals surface area contributed by atoms with Gasteiger partial charge in [0, 0.05) is 26.5 Å². The van der Waals surface area contributed by atoms with Crippen LogP contribution in [-0.4, -0.2) is 24.2 Å². The summed E-state index contributed by atoms with van der Waals surface area (Å²) in [5.41, 5.74) is -0.271. The third-order valence-corrected chi connectivity index (χ3v) is 2.60. The Morgan fingerprint density at radius 1 is 1.53 bits per heavy atom. The van der Waals surface area contributed by atoms with Crippen LogP contribution in [0.1, 0.15) is 38.5 Å². The number of hydrogen-bond acceptors (Lipinski definition) is 6. The fraction of sp³-hybridized carbons (Fsp3) is 0.538. The lowest BCUT2D eigenvalue weighted by Gasteiger charge is -2.09. The molecular formula is C13H19NO5. The second-order valence-corrected chi connectivity index (χ2v) is 3.91. The minimum Gasteiger partial charge on any atom is -0.507 e. The zero-order valence-corrected chi connectivity index (χ0v) is 11.6. The average molecular weight is 269 g/mol. The highest BCUT2D eigenvalue weighted by atomic mass is 16.8. The second kappa shape index (κ2) is 6.94. The molecule has 0 aliphatic heterocycles. The molecule has 0 amide bonds. The summed E-state index contributed by atoms with van der Waals surface area (Å²) in [6.07, 6.45) is 0.407. The van der Waals surface area contributed by atoms with Crippen LogP contribution in [0.25, 0.3) is 0 Å². The van der Waals surface area contributed by atoms with Gasteiger partial charge in [0.15, 0.2) is 0 Å². The Kier molecular flexibility index (Phi) is 5.57. The third kappa shape index (κ3) is 3.82. The van der Waals surface area contributed by atoms with Crippen molar-refractivity contribution in [2.45, 2.75) is 39.9 Å². The van der Waals surface area contributed by atoms with E-state index in [0.29, 0.717) is 24.3 Å². The Balaban J connectivity index is 3.15. The van der Waals surface area contributed by atoms with Gasteiger partial charge in [-0.1, -0.05) is 19.0 Å². The Labute approximate surface area is 111 Å². The van der Waals surface area contributed by atoms with Gasteiger partial charge in [0.2, 0.25) is 6.29 Å². The van der Waals surface area contributed by atoms with Gasteiger partial charge in [-0.3, -0.25) is 0 Å². The number of ether oxygens (including phenoxy) is 1. The minimum atomic E-state index is -0.619. The van der Waals surface area contributed by atoms with E-state index < -0.39 is 11.9 Å². The Bertz CT molecular complexity index is 506. The predicted octanol–water partition coefficient (Wildman–Crippen LogP) is 2.03. The van der Waals surface area contributed by atoms with Crippen molar-refractivity contribution in [2.24, 2.45) is 5.16 Å². The number of rotatable bonds is 6. The third-order valence-electron chi connectivity index (χ3n) is 2.60. The molecule has 0 radical (unpaired) electrons. The summed E-state index contributed by atoms with van der Waals surface area (Å²) in [4.78, 5) is 16.9. The fourth-order valence-electron chi connectivity index (χ4n) is 1.44. The second-order valence-electron chi connectivity index (χ2n) is 3.91. The Morgan fingerprint density at radius 3 is 2.68 bits per heavy atom. The van der Waals surface area contributed by atoms with Crippen molar-refractivity contribution >= 4 is 5.71 Å². The van der Waals surface area contributed by atoms with Gasteiger partial charge in [0.1, 0.15) is 17.1 Å². The maximum absolute atomic E-state index is 11.8. The van der Waals surface area contributed by atoms with Gasteiger partial charge in [-0.2, -0.15) is 0 Å². The molecule has 0 spiro atoms. The molecule has 1 atom stereocenters. The largest absolute Gasteiger partial charge is 0.507 e. The average Bonchev–Trinajstić information content (AvgIpc) is 2.40. The van der Waals surface area contributed by atoms with E-state index in [1.54, 1.807) is 13.8 Å². The van der Waals surface area contributed by atoms with E-state index in [-0.39, 0.29) is 11.3 Å². The van der Waals surface area contributed by atoms with Crippen molar-refractivity contribution in [1.82, 2.24) is 0 Å². The molecule has 1 heterocycles. The lowest BCUT2D eigenvalue weighted by atomic mass is 10.1. The maximum Gasteiger partial charge on any atom is 0.349 e. The van der Waals surface area contributed by atoms with E-state index in [1.807, 2.05) is 6.92 Å². The molecule has 1 N–H and O–H groups in total. The van der Waals surface area contributed by atoms with E-state index in [4.69, 9.17) is 14.0 Å². The summed E-state index contributed by atoms with van der Waals surface area (Å²) in [7, 11) is 1.48. The SMILES string of the molecule is CCC(=NOC(C)OC)c1c(O)cc(CC)oc1=O. The van der Waals surface area contributed by atoms with Crippen molar-refractivity contribution in [1.29, 1.82) is 0 Å². The first-order chi connectivity index (χ1) is 9.03. The number of aromatic hydroxyl groups is 1. The zero-order valence-electron chi connectivity index (χ0n) is 11.6. The van der Waals surface area contributed by atoms with Crippen LogP contribution in [0.15, 0.2) is 20.4 Å². The molecule has 1 rings (SSSR count). The Hall–Kier alpha value is -1.82. The first kappa shape index (κ1) is 15.2. The van der Waals surface area contributed by atoms with Crippen molar-refractivity contribution in [3.8, 4) is 5.75 Å². The van der Waals surface area contributed by atoms with Gasteiger partial charge in [0.05, 0.1) is 5.71 Å². The topological polar surface area (TPSA) is 81.3 Å². The highest BCUT2D eigenvalue weighted by Crippen LogP contribution is 2.18. The van der Waals surface area contributed by atoms with Crippen molar-refractivity contribution in [2.75, 3.05) is 7.11 Å². The van der Waals surface area contributed by atoms with E-state index in [1.165, 1.54) is 13.2 Å². The highest BCUT2D eigenvalue weighted by Gasteiger charge is 2.16. The van der Waals surface area contributed by atoms with Gasteiger partial charge in [-0.05, 0) is 6.42 Å². The van der Waals surface area contributed by atoms with Crippen LogP contribution in [0, 0.1) is 0 Å². The minimum absolute atomic E-state index is 0.0306. The smallest absolute Gasteiger partial charge is 0.349 e. The molecule has 1 aromatic heterocycles. The highest BCUT2D eigenvalue weighted by molar-refractivity contribution is 6.01. The summed E-state index contributed by atoms with van der Waals surface area (Å²) < 4.78 is 9.96. The summed E-state index contributed by atoms with van der Waals surface area (Å²) >= 11 is 0. The monoisotopic (exact) mass is 269 g/mol. The fourth-order valence-corrected chi connectivity index (χ4v) is 1.44. The lowest BCUT2D eigenvalue weighted by Crippen LogP contribution is -2.17. The lowest BCUT2D eigenvalue weighted by molar-refractivity contribution is -0.110. The van der Waals surface area contributed by atoms with Gasteiger partial charge >= 0.3 is 5.63 Å². The number of hydrogen-bond donors (Lipinski definition) is 1. The number of oxime groups is 1. The quantitative estimate of drug-likeness (QED) is 0.485. The molecule has 0 bridgehead atoms. The van der Waals surface area contributed by atoms with Crippen molar-refractivity contribution in [3.05, 3.63) is 27.8 Å². The first-order valence-electron chi connectivity index (χ1n) is 6.15. The molecular weight excluding hydrogens is 250 g/mol. The number of methoxy groups -OCH3 is 1. The first-order valence-corrected chi connectivity index (χ1v) is 6.15. The van der Waals surface area contributed by atoms with E-state index >= 15 is 0 Å². The molecule has 6 nitrogen and oxygen atoms in total. The molecule has 0 saturated heterocycles. The summed E-state index contributed by atoms with van der Waals surface area (Å²) in [5, 5.41) is 13.7. The number of nitrogens with zero attached hydrogens (tertiary/aromatic N) is 1. The van der Waals surface area contributed by atoms with E-state index in [9.17, 15) is 9.90 Å². The molecule has 0 aliphatic carbocycles. The molecule has 0 saturated carbocycles.